The van der Waals surface area contributed by atoms with Crippen LogP contribution < -0.4 is 10.2 Å². The first-order valence-electron chi connectivity index (χ1n) is 8.77. The van der Waals surface area contributed by atoms with E-state index >= 15 is 0 Å². The number of aromatic nitrogens is 2. The molecule has 2 aromatic carbocycles. The fraction of sp³-hybridized carbons (Fsp3) is 0.0952. The van der Waals surface area contributed by atoms with Crippen molar-refractivity contribution in [1.29, 1.82) is 0 Å². The van der Waals surface area contributed by atoms with Crippen molar-refractivity contribution in [3.63, 3.8) is 0 Å². The average Bonchev–Trinajstić information content (AvgIpc) is 3.16. The molecule has 0 aliphatic heterocycles. The summed E-state index contributed by atoms with van der Waals surface area (Å²) in [5.41, 5.74) is 2.53. The normalized spacial score (nSPS) is 10.9. The van der Waals surface area contributed by atoms with Gasteiger partial charge < -0.3 is 10.2 Å². The van der Waals surface area contributed by atoms with Crippen LogP contribution in [0.5, 0.6) is 0 Å². The first-order valence-corrected chi connectivity index (χ1v) is 10.4. The summed E-state index contributed by atoms with van der Waals surface area (Å²) in [4.78, 5) is 24.1. The Labute approximate surface area is 181 Å². The number of rotatable bonds is 5. The molecule has 0 aliphatic rings. The number of carbonyl (C=O) groups excluding carboxylic acids is 1. The number of para-hydroxylation sites is 1. The van der Waals surface area contributed by atoms with Crippen molar-refractivity contribution in [2.24, 2.45) is 0 Å². The predicted molar refractivity (Wildman–Crippen MR) is 121 cm³/mol. The molecule has 0 bridgehead atoms. The zero-order valence-corrected chi connectivity index (χ0v) is 17.7. The van der Waals surface area contributed by atoms with Crippen LogP contribution in [0.2, 0.25) is 10.0 Å². The van der Waals surface area contributed by atoms with E-state index in [9.17, 15) is 4.79 Å². The Morgan fingerprint density at radius 1 is 1.07 bits per heavy atom. The molecule has 0 radical (unpaired) electrons. The molecule has 4 rings (SSSR count). The fourth-order valence-electron chi connectivity index (χ4n) is 3.07. The molecule has 0 spiro atoms. The van der Waals surface area contributed by atoms with E-state index in [1.807, 2.05) is 37.4 Å². The van der Waals surface area contributed by atoms with E-state index in [-0.39, 0.29) is 12.5 Å². The summed E-state index contributed by atoms with van der Waals surface area (Å²) in [6.07, 6.45) is 1.52. The van der Waals surface area contributed by atoms with E-state index in [1.165, 1.54) is 6.33 Å². The highest BCUT2D eigenvalue weighted by Gasteiger charge is 2.18. The SMILES string of the molecule is CN(CC(=O)Nc1c(Cl)cccc1Cl)c1ncnc2scc(-c3ccccc3)c12. The van der Waals surface area contributed by atoms with Gasteiger partial charge >= 0.3 is 0 Å². The van der Waals surface area contributed by atoms with Gasteiger partial charge in [-0.3, -0.25) is 4.79 Å². The molecule has 1 N–H and O–H groups in total. The van der Waals surface area contributed by atoms with Crippen LogP contribution in [0.1, 0.15) is 0 Å². The van der Waals surface area contributed by atoms with Gasteiger partial charge in [0.2, 0.25) is 5.91 Å². The molecule has 2 aromatic heterocycles. The Bertz CT molecular complexity index is 1160. The highest BCUT2D eigenvalue weighted by Crippen LogP contribution is 2.37. The Hall–Kier alpha value is -2.67. The van der Waals surface area contributed by atoms with Crippen molar-refractivity contribution in [3.05, 3.63) is 70.3 Å². The first kappa shape index (κ1) is 19.6. The fourth-order valence-corrected chi connectivity index (χ4v) is 4.47. The number of fused-ring (bicyclic) bond motifs is 1. The monoisotopic (exact) mass is 442 g/mol. The molecule has 0 saturated carbocycles. The lowest BCUT2D eigenvalue weighted by atomic mass is 10.1. The van der Waals surface area contributed by atoms with Crippen molar-refractivity contribution in [3.8, 4) is 11.1 Å². The topological polar surface area (TPSA) is 58.1 Å². The Kier molecular flexibility index (Phi) is 5.67. The van der Waals surface area contributed by atoms with Gasteiger partial charge in [0.25, 0.3) is 0 Å². The summed E-state index contributed by atoms with van der Waals surface area (Å²) in [6.45, 7) is 0.0811. The molecule has 29 heavy (non-hydrogen) atoms. The van der Waals surface area contributed by atoms with Crippen molar-refractivity contribution in [2.45, 2.75) is 0 Å². The molecule has 4 aromatic rings. The van der Waals surface area contributed by atoms with E-state index in [1.54, 1.807) is 34.4 Å². The number of carbonyl (C=O) groups is 1. The summed E-state index contributed by atoms with van der Waals surface area (Å²) in [5.74, 6) is 0.446. The van der Waals surface area contributed by atoms with Gasteiger partial charge in [-0.05, 0) is 17.7 Å². The third-order valence-electron chi connectivity index (χ3n) is 4.40. The number of anilines is 2. The summed E-state index contributed by atoms with van der Waals surface area (Å²) in [6, 6.07) is 15.1. The number of nitrogens with zero attached hydrogens (tertiary/aromatic N) is 3. The van der Waals surface area contributed by atoms with Crippen molar-refractivity contribution in [2.75, 3.05) is 23.8 Å². The number of benzene rings is 2. The van der Waals surface area contributed by atoms with Gasteiger partial charge in [-0.15, -0.1) is 11.3 Å². The smallest absolute Gasteiger partial charge is 0.244 e. The second-order valence-corrected chi connectivity index (χ2v) is 8.07. The highest BCUT2D eigenvalue weighted by molar-refractivity contribution is 7.17. The van der Waals surface area contributed by atoms with Crippen LogP contribution in [-0.2, 0) is 4.79 Å². The maximum Gasteiger partial charge on any atom is 0.244 e. The summed E-state index contributed by atoms with van der Waals surface area (Å²) in [5, 5.41) is 6.55. The van der Waals surface area contributed by atoms with Crippen molar-refractivity contribution in [1.82, 2.24) is 9.97 Å². The quantitative estimate of drug-likeness (QED) is 0.427. The minimum Gasteiger partial charge on any atom is -0.350 e. The molecule has 1 amide bonds. The first-order chi connectivity index (χ1) is 14.0. The molecule has 0 saturated heterocycles. The third kappa shape index (κ3) is 4.05. The standard InChI is InChI=1S/C21H16Cl2N4OS/c1-27(10-17(28)26-19-15(22)8-5-9-16(19)23)20-18-14(13-6-3-2-4-7-13)11-29-21(18)25-12-24-20/h2-9,11-12H,10H2,1H3,(H,26,28). The van der Waals surface area contributed by atoms with Gasteiger partial charge in [0.1, 0.15) is 17.0 Å². The predicted octanol–water partition coefficient (Wildman–Crippen LogP) is 5.74. The second kappa shape index (κ2) is 8.37. The van der Waals surface area contributed by atoms with E-state index < -0.39 is 0 Å². The molecule has 146 valence electrons. The van der Waals surface area contributed by atoms with E-state index in [0.29, 0.717) is 21.6 Å². The third-order valence-corrected chi connectivity index (χ3v) is 5.92. The lowest BCUT2D eigenvalue weighted by Crippen LogP contribution is -2.31. The molecule has 0 aliphatic carbocycles. The number of amides is 1. The molecule has 5 nitrogen and oxygen atoms in total. The Morgan fingerprint density at radius 3 is 2.52 bits per heavy atom. The lowest BCUT2D eigenvalue weighted by Gasteiger charge is -2.19. The largest absolute Gasteiger partial charge is 0.350 e. The molecular formula is C21H16Cl2N4OS. The molecular weight excluding hydrogens is 427 g/mol. The summed E-state index contributed by atoms with van der Waals surface area (Å²) in [7, 11) is 1.82. The van der Waals surface area contributed by atoms with E-state index in [4.69, 9.17) is 23.2 Å². The van der Waals surface area contributed by atoms with Gasteiger partial charge in [-0.25, -0.2) is 9.97 Å². The number of halogens is 2. The van der Waals surface area contributed by atoms with Crippen LogP contribution in [0.4, 0.5) is 11.5 Å². The molecule has 0 atom stereocenters. The minimum atomic E-state index is -0.245. The average molecular weight is 443 g/mol. The maximum absolute atomic E-state index is 12.6. The van der Waals surface area contributed by atoms with Crippen molar-refractivity contribution >= 4 is 62.2 Å². The molecule has 0 unspecified atom stereocenters. The number of likely N-dealkylation sites (N-methyl/N-ethyl adjacent to an activating group) is 1. The zero-order chi connectivity index (χ0) is 20.4. The molecule has 2 heterocycles. The van der Waals surface area contributed by atoms with Crippen LogP contribution in [0, 0.1) is 0 Å². The van der Waals surface area contributed by atoms with Crippen LogP contribution in [0.3, 0.4) is 0 Å². The highest BCUT2D eigenvalue weighted by atomic mass is 35.5. The zero-order valence-electron chi connectivity index (χ0n) is 15.4. The van der Waals surface area contributed by atoms with Gasteiger partial charge in [-0.1, -0.05) is 59.6 Å². The van der Waals surface area contributed by atoms with E-state index in [2.05, 4.69) is 20.7 Å². The van der Waals surface area contributed by atoms with Crippen LogP contribution >= 0.6 is 34.5 Å². The minimum absolute atomic E-state index is 0.0811. The van der Waals surface area contributed by atoms with Crippen LogP contribution in [-0.4, -0.2) is 29.5 Å². The number of nitrogens with one attached hydrogen (secondary N) is 1. The van der Waals surface area contributed by atoms with E-state index in [0.717, 1.165) is 21.3 Å². The second-order valence-electron chi connectivity index (χ2n) is 6.39. The Balaban J connectivity index is 1.63. The van der Waals surface area contributed by atoms with Gasteiger partial charge in [0, 0.05) is 18.0 Å². The summed E-state index contributed by atoms with van der Waals surface area (Å²) >= 11 is 13.8. The lowest BCUT2D eigenvalue weighted by molar-refractivity contribution is -0.114. The summed E-state index contributed by atoms with van der Waals surface area (Å²) < 4.78 is 0. The van der Waals surface area contributed by atoms with Crippen LogP contribution in [0.15, 0.2) is 60.2 Å². The molecule has 0 fully saturated rings. The number of hydrogen-bond donors (Lipinski definition) is 1. The van der Waals surface area contributed by atoms with Crippen molar-refractivity contribution < 1.29 is 4.79 Å². The maximum atomic E-state index is 12.6. The Morgan fingerprint density at radius 2 is 1.79 bits per heavy atom. The molecule has 8 heteroatoms. The van der Waals surface area contributed by atoms with Gasteiger partial charge in [0.05, 0.1) is 27.7 Å². The number of thiophene rings is 1. The van der Waals surface area contributed by atoms with Gasteiger partial charge in [-0.2, -0.15) is 0 Å². The van der Waals surface area contributed by atoms with Gasteiger partial charge in [0.15, 0.2) is 0 Å². The van der Waals surface area contributed by atoms with Crippen LogP contribution in [0.25, 0.3) is 21.3 Å². The number of hydrogen-bond acceptors (Lipinski definition) is 5.